The highest BCUT2D eigenvalue weighted by molar-refractivity contribution is 6.10. The second kappa shape index (κ2) is 16.0. The maximum absolute atomic E-state index is 6.47. The molecule has 10 aromatic carbocycles. The van der Waals surface area contributed by atoms with Crippen LogP contribution in [0.15, 0.2) is 229 Å². The lowest BCUT2D eigenvalue weighted by Crippen LogP contribution is -2.09. The highest BCUT2D eigenvalue weighted by Crippen LogP contribution is 2.42. The molecule has 0 unspecified atom stereocenters. The van der Waals surface area contributed by atoms with Crippen LogP contribution in [0.4, 0.5) is 17.1 Å². The second-order valence-corrected chi connectivity index (χ2v) is 17.3. The predicted molar refractivity (Wildman–Crippen MR) is 280 cm³/mol. The molecule has 12 aromatic rings. The molecule has 0 N–H and O–H groups in total. The Balaban J connectivity index is 0.917. The number of allylic oxidation sites excluding steroid dienone is 1. The molecule has 0 bridgehead atoms. The summed E-state index contributed by atoms with van der Waals surface area (Å²) in [6.45, 7) is 0. The minimum absolute atomic E-state index is 0.895. The molecule has 0 atom stereocenters. The summed E-state index contributed by atoms with van der Waals surface area (Å²) in [7, 11) is 0. The minimum Gasteiger partial charge on any atom is -0.455 e. The van der Waals surface area contributed by atoms with E-state index in [1.165, 1.54) is 49.6 Å². The zero-order chi connectivity index (χ0) is 44.3. The summed E-state index contributed by atoms with van der Waals surface area (Å²) in [6, 6.07) is 85.5. The van der Waals surface area contributed by atoms with E-state index >= 15 is 0 Å². The van der Waals surface area contributed by atoms with Crippen LogP contribution in [0, 0.1) is 12.1 Å². The molecule has 0 fully saturated rings. The first-order valence-corrected chi connectivity index (χ1v) is 23.1. The van der Waals surface area contributed by atoms with Crippen LogP contribution < -0.4 is 4.90 Å². The number of benzene rings is 9. The van der Waals surface area contributed by atoms with Crippen molar-refractivity contribution in [2.45, 2.75) is 12.8 Å². The molecule has 1 aliphatic rings. The van der Waals surface area contributed by atoms with Crippen LogP contribution in [0.1, 0.15) is 17.7 Å². The molecule has 1 aliphatic carbocycles. The zero-order valence-electron chi connectivity index (χ0n) is 36.7. The molecule has 0 saturated carbocycles. The molecule has 2 heterocycles. The molecule has 13 rings (SSSR count). The van der Waals surface area contributed by atoms with Crippen molar-refractivity contribution >= 4 is 66.8 Å². The van der Waals surface area contributed by atoms with Gasteiger partial charge in [0.05, 0.1) is 16.9 Å². The van der Waals surface area contributed by atoms with Crippen molar-refractivity contribution in [3.05, 3.63) is 248 Å². The molecular weight excluding hydrogens is 813 g/mol. The van der Waals surface area contributed by atoms with Crippen molar-refractivity contribution in [1.82, 2.24) is 4.57 Å². The van der Waals surface area contributed by atoms with Crippen LogP contribution in [0.25, 0.3) is 99.9 Å². The maximum Gasteiger partial charge on any atom is 0.143 e. The monoisotopic (exact) mass is 854 g/mol. The molecule has 314 valence electrons. The van der Waals surface area contributed by atoms with E-state index in [9.17, 15) is 0 Å². The molecule has 2 aromatic heterocycles. The fourth-order valence-electron chi connectivity index (χ4n) is 10.4. The largest absolute Gasteiger partial charge is 0.455 e. The van der Waals surface area contributed by atoms with Crippen LogP contribution >= 0.6 is 0 Å². The number of hydrogen-bond acceptors (Lipinski definition) is 2. The van der Waals surface area contributed by atoms with Gasteiger partial charge in [0, 0.05) is 55.5 Å². The third-order valence-electron chi connectivity index (χ3n) is 13.5. The fraction of sp³-hybridized carbons (Fsp3) is 0.0312. The Labute approximate surface area is 389 Å². The highest BCUT2D eigenvalue weighted by atomic mass is 16.3. The van der Waals surface area contributed by atoms with Gasteiger partial charge in [-0.1, -0.05) is 182 Å². The fourth-order valence-corrected chi connectivity index (χ4v) is 10.4. The van der Waals surface area contributed by atoms with Gasteiger partial charge in [-0.05, 0) is 112 Å². The number of anilines is 3. The standard InChI is InChI=1S/C64H42N2O/c1-2-15-43(16-3-1)52-23-12-17-47-18-13-24-53(63(47)52)45-33-39-49(40-34-45)65(50-41-35-46(36-42-50)54-25-14-26-58-57-22-7-11-30-62(57)67-64(54)58)48-37-31-44(32-38-48)51-19-4-8-27-59(51)66-60-28-9-5-20-55(60)56-21-6-10-29-61(56)66/h1-9,11-28,30-31,33-37,39-42H,10,29H2. The number of aromatic nitrogens is 1. The summed E-state index contributed by atoms with van der Waals surface area (Å²) in [5, 5.41) is 6.00. The summed E-state index contributed by atoms with van der Waals surface area (Å²) in [6.07, 6.45) is 6.63. The number of fused-ring (bicyclic) bond motifs is 7. The van der Waals surface area contributed by atoms with Crippen LogP contribution in [0.5, 0.6) is 0 Å². The lowest BCUT2D eigenvalue weighted by molar-refractivity contribution is 0.670. The van der Waals surface area contributed by atoms with E-state index in [0.717, 1.165) is 85.3 Å². The summed E-state index contributed by atoms with van der Waals surface area (Å²) in [5.41, 5.74) is 18.8. The Hall–Kier alpha value is -8.84. The SMILES string of the molecule is c1c(-c2ccccc2-n2c3c(c4ccccc42)C=CCC3)ccc(N(c2ccc(-c3cccc4c3oc3ccccc34)cc2)c2ccc(-c3cccc4cccc(-c5ccccc5)c34)cc2)c#1. The van der Waals surface area contributed by atoms with E-state index < -0.39 is 0 Å². The van der Waals surface area contributed by atoms with Crippen molar-refractivity contribution in [3.63, 3.8) is 0 Å². The summed E-state index contributed by atoms with van der Waals surface area (Å²) >= 11 is 0. The van der Waals surface area contributed by atoms with Crippen molar-refractivity contribution in [1.29, 1.82) is 0 Å². The zero-order valence-corrected chi connectivity index (χ0v) is 36.7. The van der Waals surface area contributed by atoms with Gasteiger partial charge >= 0.3 is 0 Å². The lowest BCUT2D eigenvalue weighted by atomic mass is 9.91. The Kier molecular flexibility index (Phi) is 9.22. The van der Waals surface area contributed by atoms with E-state index in [4.69, 9.17) is 4.42 Å². The lowest BCUT2D eigenvalue weighted by Gasteiger charge is -2.25. The predicted octanol–water partition coefficient (Wildman–Crippen LogP) is 17.4. The van der Waals surface area contributed by atoms with E-state index in [-0.39, 0.29) is 0 Å². The first-order valence-electron chi connectivity index (χ1n) is 23.1. The van der Waals surface area contributed by atoms with Crippen LogP contribution in [-0.4, -0.2) is 4.57 Å². The summed E-state index contributed by atoms with van der Waals surface area (Å²) < 4.78 is 8.93. The Morgan fingerprint density at radius 1 is 0.463 bits per heavy atom. The molecule has 0 spiro atoms. The Morgan fingerprint density at radius 2 is 1.07 bits per heavy atom. The van der Waals surface area contributed by atoms with Gasteiger partial charge < -0.3 is 13.9 Å². The number of rotatable bonds is 8. The molecule has 0 radical (unpaired) electrons. The molecule has 67 heavy (non-hydrogen) atoms. The van der Waals surface area contributed by atoms with Gasteiger partial charge in [-0.3, -0.25) is 0 Å². The number of hydrogen-bond donors (Lipinski definition) is 0. The number of furan rings is 1. The van der Waals surface area contributed by atoms with Gasteiger partial charge in [-0.25, -0.2) is 0 Å². The number of nitrogens with zero attached hydrogens (tertiary/aromatic N) is 2. The highest BCUT2D eigenvalue weighted by Gasteiger charge is 2.21. The minimum atomic E-state index is 0.895. The Morgan fingerprint density at radius 3 is 1.84 bits per heavy atom. The van der Waals surface area contributed by atoms with Gasteiger partial charge in [-0.15, -0.1) is 0 Å². The summed E-state index contributed by atoms with van der Waals surface area (Å²) in [4.78, 5) is 2.28. The summed E-state index contributed by atoms with van der Waals surface area (Å²) in [5.74, 6) is 0. The van der Waals surface area contributed by atoms with E-state index in [1.807, 2.05) is 12.1 Å². The average Bonchev–Trinajstić information content (AvgIpc) is 3.95. The Bertz CT molecular complexity index is 3830. The molecule has 0 amide bonds. The maximum atomic E-state index is 6.47. The van der Waals surface area contributed by atoms with Crippen LogP contribution in [0.3, 0.4) is 0 Å². The van der Waals surface area contributed by atoms with Gasteiger partial charge in [0.25, 0.3) is 0 Å². The second-order valence-electron chi connectivity index (χ2n) is 17.3. The number of para-hydroxylation sites is 4. The van der Waals surface area contributed by atoms with Crippen molar-refractivity contribution in [2.24, 2.45) is 0 Å². The van der Waals surface area contributed by atoms with Gasteiger partial charge in [0.2, 0.25) is 0 Å². The van der Waals surface area contributed by atoms with Gasteiger partial charge in [-0.2, -0.15) is 0 Å². The third kappa shape index (κ3) is 6.53. The average molecular weight is 855 g/mol. The van der Waals surface area contributed by atoms with Gasteiger partial charge in [0.1, 0.15) is 11.2 Å². The van der Waals surface area contributed by atoms with Crippen LogP contribution in [0.2, 0.25) is 0 Å². The first kappa shape index (κ1) is 38.6. The third-order valence-corrected chi connectivity index (χ3v) is 13.5. The van der Waals surface area contributed by atoms with E-state index in [1.54, 1.807) is 0 Å². The normalized spacial score (nSPS) is 12.2. The molecule has 3 nitrogen and oxygen atoms in total. The van der Waals surface area contributed by atoms with E-state index in [2.05, 4.69) is 240 Å². The molecule has 0 saturated heterocycles. The van der Waals surface area contributed by atoms with Crippen molar-refractivity contribution in [2.75, 3.05) is 4.90 Å². The topological polar surface area (TPSA) is 21.3 Å². The molecular formula is C64H42N2O. The quantitative estimate of drug-likeness (QED) is 0.152. The smallest absolute Gasteiger partial charge is 0.143 e. The van der Waals surface area contributed by atoms with Crippen molar-refractivity contribution in [3.8, 4) is 50.2 Å². The van der Waals surface area contributed by atoms with Crippen molar-refractivity contribution < 1.29 is 4.42 Å². The van der Waals surface area contributed by atoms with Gasteiger partial charge in [0.15, 0.2) is 0 Å². The van der Waals surface area contributed by atoms with Crippen LogP contribution in [-0.2, 0) is 6.42 Å². The van der Waals surface area contributed by atoms with E-state index in [0.29, 0.717) is 0 Å². The first-order chi connectivity index (χ1) is 33.2. The molecule has 0 aliphatic heterocycles. The molecule has 3 heteroatoms.